The molecule has 2 aliphatic rings. The van der Waals surface area contributed by atoms with E-state index in [0.29, 0.717) is 32.5 Å². The Kier molecular flexibility index (Phi) is 4.76. The predicted octanol–water partition coefficient (Wildman–Crippen LogP) is -0.774. The maximum absolute atomic E-state index is 12.2. The van der Waals surface area contributed by atoms with Crippen molar-refractivity contribution >= 4 is 11.8 Å². The summed E-state index contributed by atoms with van der Waals surface area (Å²) in [7, 11) is 0. The fraction of sp³-hybridized carbons (Fsp3) is 0.846. The lowest BCUT2D eigenvalue weighted by Gasteiger charge is -2.33. The van der Waals surface area contributed by atoms with Gasteiger partial charge >= 0.3 is 0 Å². The topological polar surface area (TPSA) is 81.7 Å². The standard InChI is InChI=1S/C13H23N3O3/c1-2-12(18)15-9-3-5-16(6-4-9)13(19)11-7-10(17)8-14-11/h9-11,14,17H,2-8H2,1H3,(H,15,18). The van der Waals surface area contributed by atoms with Crippen LogP contribution < -0.4 is 10.6 Å². The van der Waals surface area contributed by atoms with Crippen molar-refractivity contribution in [3.05, 3.63) is 0 Å². The van der Waals surface area contributed by atoms with E-state index < -0.39 is 6.10 Å². The summed E-state index contributed by atoms with van der Waals surface area (Å²) in [6.45, 7) is 3.70. The van der Waals surface area contributed by atoms with Gasteiger partial charge in [-0.2, -0.15) is 0 Å². The maximum Gasteiger partial charge on any atom is 0.239 e. The second-order valence-corrected chi connectivity index (χ2v) is 5.37. The number of piperidine rings is 1. The Morgan fingerprint density at radius 2 is 2.05 bits per heavy atom. The summed E-state index contributed by atoms with van der Waals surface area (Å²) in [5.41, 5.74) is 0. The number of rotatable bonds is 3. The average molecular weight is 269 g/mol. The molecule has 0 spiro atoms. The Labute approximate surface area is 113 Å². The van der Waals surface area contributed by atoms with Crippen molar-refractivity contribution in [1.82, 2.24) is 15.5 Å². The van der Waals surface area contributed by atoms with Gasteiger partial charge in [-0.15, -0.1) is 0 Å². The number of aliphatic hydroxyl groups is 1. The highest BCUT2D eigenvalue weighted by Gasteiger charge is 2.33. The third-order valence-corrected chi connectivity index (χ3v) is 3.90. The zero-order valence-electron chi connectivity index (χ0n) is 11.4. The molecule has 0 aromatic heterocycles. The Bertz CT molecular complexity index is 340. The third kappa shape index (κ3) is 3.67. The largest absolute Gasteiger partial charge is 0.392 e. The summed E-state index contributed by atoms with van der Waals surface area (Å²) < 4.78 is 0. The maximum atomic E-state index is 12.2. The van der Waals surface area contributed by atoms with E-state index >= 15 is 0 Å². The van der Waals surface area contributed by atoms with E-state index in [4.69, 9.17) is 0 Å². The first kappa shape index (κ1) is 14.3. The molecule has 2 unspecified atom stereocenters. The van der Waals surface area contributed by atoms with Gasteiger partial charge in [-0.05, 0) is 19.3 Å². The molecule has 0 bridgehead atoms. The molecule has 0 aliphatic carbocycles. The monoisotopic (exact) mass is 269 g/mol. The molecule has 0 aromatic carbocycles. The Morgan fingerprint density at radius 3 is 2.58 bits per heavy atom. The molecule has 2 heterocycles. The first-order valence-electron chi connectivity index (χ1n) is 7.09. The molecule has 2 rings (SSSR count). The number of hydrogen-bond acceptors (Lipinski definition) is 4. The molecule has 6 heteroatoms. The van der Waals surface area contributed by atoms with Crippen LogP contribution in [0.25, 0.3) is 0 Å². The Balaban J connectivity index is 1.76. The van der Waals surface area contributed by atoms with Gasteiger partial charge in [0.1, 0.15) is 0 Å². The second-order valence-electron chi connectivity index (χ2n) is 5.37. The van der Waals surface area contributed by atoms with Gasteiger partial charge in [0.2, 0.25) is 11.8 Å². The normalized spacial score (nSPS) is 28.4. The fourth-order valence-electron chi connectivity index (χ4n) is 2.70. The zero-order valence-corrected chi connectivity index (χ0v) is 11.4. The van der Waals surface area contributed by atoms with Crippen molar-refractivity contribution in [2.24, 2.45) is 0 Å². The van der Waals surface area contributed by atoms with E-state index in [1.807, 2.05) is 11.8 Å². The van der Waals surface area contributed by atoms with Crippen LogP contribution in [0.5, 0.6) is 0 Å². The number of nitrogens with zero attached hydrogens (tertiary/aromatic N) is 1. The van der Waals surface area contributed by atoms with Gasteiger partial charge in [0.15, 0.2) is 0 Å². The SMILES string of the molecule is CCC(=O)NC1CCN(C(=O)C2CC(O)CN2)CC1. The minimum atomic E-state index is -0.407. The van der Waals surface area contributed by atoms with E-state index in [2.05, 4.69) is 10.6 Å². The average Bonchev–Trinajstić information content (AvgIpc) is 2.85. The van der Waals surface area contributed by atoms with E-state index in [1.165, 1.54) is 0 Å². The number of carbonyl (C=O) groups excluding carboxylic acids is 2. The first-order chi connectivity index (χ1) is 9.10. The number of hydrogen-bond donors (Lipinski definition) is 3. The highest BCUT2D eigenvalue weighted by molar-refractivity contribution is 5.82. The molecule has 19 heavy (non-hydrogen) atoms. The summed E-state index contributed by atoms with van der Waals surface area (Å²) in [5.74, 6) is 0.155. The van der Waals surface area contributed by atoms with Crippen LogP contribution in [0.1, 0.15) is 32.6 Å². The minimum absolute atomic E-state index is 0.0744. The molecule has 2 atom stereocenters. The molecule has 0 aromatic rings. The van der Waals surface area contributed by atoms with Crippen LogP contribution in [-0.4, -0.2) is 59.6 Å². The summed E-state index contributed by atoms with van der Waals surface area (Å²) >= 11 is 0. The second kappa shape index (κ2) is 6.34. The van der Waals surface area contributed by atoms with Crippen molar-refractivity contribution in [1.29, 1.82) is 0 Å². The Morgan fingerprint density at radius 1 is 1.37 bits per heavy atom. The molecule has 2 aliphatic heterocycles. The van der Waals surface area contributed by atoms with Gasteiger partial charge in [-0.1, -0.05) is 6.92 Å². The lowest BCUT2D eigenvalue weighted by molar-refractivity contribution is -0.134. The van der Waals surface area contributed by atoms with Crippen molar-refractivity contribution in [2.45, 2.75) is 50.8 Å². The molecule has 0 radical (unpaired) electrons. The summed E-state index contributed by atoms with van der Waals surface area (Å²) in [6, 6.07) is -0.0459. The number of carbonyl (C=O) groups is 2. The molecule has 2 saturated heterocycles. The third-order valence-electron chi connectivity index (χ3n) is 3.90. The van der Waals surface area contributed by atoms with E-state index in [1.54, 1.807) is 0 Å². The molecule has 108 valence electrons. The van der Waals surface area contributed by atoms with Gasteiger partial charge in [0, 0.05) is 32.1 Å². The van der Waals surface area contributed by atoms with Crippen LogP contribution in [0.4, 0.5) is 0 Å². The van der Waals surface area contributed by atoms with Crippen LogP contribution in [0.2, 0.25) is 0 Å². The number of amides is 2. The van der Waals surface area contributed by atoms with Crippen LogP contribution in [-0.2, 0) is 9.59 Å². The molecule has 3 N–H and O–H groups in total. The molecular weight excluding hydrogens is 246 g/mol. The number of β-amino-alcohol motifs (C(OH)–C–C–N with tert-alkyl or cyclic N) is 1. The predicted molar refractivity (Wildman–Crippen MR) is 70.5 cm³/mol. The number of nitrogens with one attached hydrogen (secondary N) is 2. The fourth-order valence-corrected chi connectivity index (χ4v) is 2.70. The van der Waals surface area contributed by atoms with Gasteiger partial charge in [0.05, 0.1) is 12.1 Å². The summed E-state index contributed by atoms with van der Waals surface area (Å²) in [5, 5.41) is 15.5. The molecule has 2 amide bonds. The molecule has 6 nitrogen and oxygen atoms in total. The van der Waals surface area contributed by atoms with Crippen LogP contribution in [0, 0.1) is 0 Å². The van der Waals surface area contributed by atoms with Crippen molar-refractivity contribution in [2.75, 3.05) is 19.6 Å². The lowest BCUT2D eigenvalue weighted by Crippen LogP contribution is -2.50. The lowest BCUT2D eigenvalue weighted by atomic mass is 10.0. The highest BCUT2D eigenvalue weighted by Crippen LogP contribution is 2.15. The van der Waals surface area contributed by atoms with Gasteiger partial charge in [-0.3, -0.25) is 9.59 Å². The van der Waals surface area contributed by atoms with Gasteiger partial charge in [-0.25, -0.2) is 0 Å². The van der Waals surface area contributed by atoms with E-state index in [0.717, 1.165) is 12.8 Å². The first-order valence-corrected chi connectivity index (χ1v) is 7.09. The van der Waals surface area contributed by atoms with E-state index in [-0.39, 0.29) is 23.9 Å². The zero-order chi connectivity index (χ0) is 13.8. The van der Waals surface area contributed by atoms with Crippen molar-refractivity contribution in [3.8, 4) is 0 Å². The van der Waals surface area contributed by atoms with Crippen LogP contribution in [0.3, 0.4) is 0 Å². The quantitative estimate of drug-likeness (QED) is 0.628. The number of aliphatic hydroxyl groups excluding tert-OH is 1. The summed E-state index contributed by atoms with van der Waals surface area (Å²) in [4.78, 5) is 25.3. The molecular formula is C13H23N3O3. The van der Waals surface area contributed by atoms with Gasteiger partial charge in [0.25, 0.3) is 0 Å². The van der Waals surface area contributed by atoms with E-state index in [9.17, 15) is 14.7 Å². The summed E-state index contributed by atoms with van der Waals surface area (Å²) in [6.07, 6.45) is 2.23. The smallest absolute Gasteiger partial charge is 0.239 e. The van der Waals surface area contributed by atoms with Crippen LogP contribution >= 0.6 is 0 Å². The van der Waals surface area contributed by atoms with Crippen molar-refractivity contribution < 1.29 is 14.7 Å². The highest BCUT2D eigenvalue weighted by atomic mass is 16.3. The van der Waals surface area contributed by atoms with Crippen LogP contribution in [0.15, 0.2) is 0 Å². The molecule has 0 saturated carbocycles. The Hall–Kier alpha value is -1.14. The molecule has 2 fully saturated rings. The van der Waals surface area contributed by atoms with Gasteiger partial charge < -0.3 is 20.6 Å². The minimum Gasteiger partial charge on any atom is -0.392 e. The number of likely N-dealkylation sites (tertiary alicyclic amines) is 1. The van der Waals surface area contributed by atoms with Crippen molar-refractivity contribution in [3.63, 3.8) is 0 Å².